The normalized spacial score (nSPS) is 20.6. The average molecular weight is 678 g/mol. The van der Waals surface area contributed by atoms with E-state index >= 15 is 4.39 Å². The van der Waals surface area contributed by atoms with Crippen molar-refractivity contribution in [2.75, 3.05) is 29.2 Å². The van der Waals surface area contributed by atoms with Crippen molar-refractivity contribution in [3.8, 4) is 0 Å². The summed E-state index contributed by atoms with van der Waals surface area (Å²) in [6, 6.07) is 10.8. The lowest BCUT2D eigenvalue weighted by molar-refractivity contribution is -0.120. The van der Waals surface area contributed by atoms with Crippen LogP contribution in [0.4, 0.5) is 25.8 Å². The Morgan fingerprint density at radius 2 is 1.60 bits per heavy atom. The van der Waals surface area contributed by atoms with Gasteiger partial charge in [0.25, 0.3) is 5.91 Å². The highest BCUT2D eigenvalue weighted by molar-refractivity contribution is 6.53. The molecule has 0 spiro atoms. The van der Waals surface area contributed by atoms with Crippen molar-refractivity contribution in [2.24, 2.45) is 11.8 Å². The van der Waals surface area contributed by atoms with Crippen LogP contribution in [-0.2, 0) is 14.3 Å². The monoisotopic (exact) mass is 675 g/mol. The lowest BCUT2D eigenvalue weighted by atomic mass is 10.1. The Bertz CT molecular complexity index is 1600. The summed E-state index contributed by atoms with van der Waals surface area (Å²) in [6.07, 6.45) is 0.421. The number of nitrogens with one attached hydrogen (secondary N) is 3. The van der Waals surface area contributed by atoms with Gasteiger partial charge in [0.1, 0.15) is 15.8 Å². The third-order valence-corrected chi connectivity index (χ3v) is 9.01. The fraction of sp³-hybridized carbons (Fsp3) is 0.250. The number of carbonyl (C=O) groups is 3. The number of anilines is 3. The van der Waals surface area contributed by atoms with Crippen LogP contribution in [-0.4, -0.2) is 35.3 Å². The molecule has 0 aromatic heterocycles. The van der Waals surface area contributed by atoms with E-state index in [1.165, 1.54) is 18.2 Å². The Balaban J connectivity index is 1.30. The van der Waals surface area contributed by atoms with E-state index < -0.39 is 62.8 Å². The molecule has 3 atom stereocenters. The average Bonchev–Trinajstić information content (AvgIpc) is 3.25. The van der Waals surface area contributed by atoms with Crippen molar-refractivity contribution in [3.05, 3.63) is 86.4 Å². The molecular formula is C28H20Cl5F2N3O4. The molecule has 14 heteroatoms. The van der Waals surface area contributed by atoms with Gasteiger partial charge in [0.15, 0.2) is 5.82 Å². The smallest absolute Gasteiger partial charge is 0.257 e. The fourth-order valence-electron chi connectivity index (χ4n) is 4.69. The van der Waals surface area contributed by atoms with E-state index in [0.29, 0.717) is 23.6 Å². The molecule has 1 heterocycles. The van der Waals surface area contributed by atoms with Crippen molar-refractivity contribution in [2.45, 2.75) is 16.7 Å². The van der Waals surface area contributed by atoms with Crippen LogP contribution in [0.5, 0.6) is 0 Å². The van der Waals surface area contributed by atoms with Gasteiger partial charge in [-0.3, -0.25) is 14.4 Å². The van der Waals surface area contributed by atoms with Gasteiger partial charge in [-0.1, -0.05) is 40.9 Å². The van der Waals surface area contributed by atoms with E-state index in [-0.39, 0.29) is 27.9 Å². The van der Waals surface area contributed by atoms with Gasteiger partial charge in [0.2, 0.25) is 11.8 Å². The summed E-state index contributed by atoms with van der Waals surface area (Å²) in [5.74, 6) is -6.14. The Hall–Kier alpha value is -2.66. The van der Waals surface area contributed by atoms with Crippen molar-refractivity contribution in [1.82, 2.24) is 0 Å². The Morgan fingerprint density at radius 1 is 0.857 bits per heavy atom. The maximum atomic E-state index is 15.2. The number of amides is 3. The van der Waals surface area contributed by atoms with Crippen molar-refractivity contribution in [3.63, 3.8) is 0 Å². The first-order chi connectivity index (χ1) is 19.9. The van der Waals surface area contributed by atoms with Gasteiger partial charge in [-0.25, -0.2) is 8.78 Å². The molecule has 0 radical (unpaired) electrons. The second-order valence-corrected chi connectivity index (χ2v) is 12.4. The lowest BCUT2D eigenvalue weighted by Gasteiger charge is -2.14. The van der Waals surface area contributed by atoms with E-state index in [1.807, 2.05) is 0 Å². The third-order valence-electron chi connectivity index (χ3n) is 7.01. The number of halogens is 7. The number of carbonyl (C=O) groups excluding carboxylic acids is 3. The minimum Gasteiger partial charge on any atom is -0.381 e. The van der Waals surface area contributed by atoms with Gasteiger partial charge in [0.05, 0.1) is 44.8 Å². The van der Waals surface area contributed by atoms with E-state index in [4.69, 9.17) is 62.7 Å². The van der Waals surface area contributed by atoms with Crippen LogP contribution >= 0.6 is 58.0 Å². The molecule has 1 unspecified atom stereocenters. The Labute approximate surface area is 263 Å². The van der Waals surface area contributed by atoms with E-state index in [9.17, 15) is 18.8 Å². The van der Waals surface area contributed by atoms with E-state index in [1.54, 1.807) is 18.2 Å². The summed E-state index contributed by atoms with van der Waals surface area (Å²) in [7, 11) is 0. The standard InChI is InChI=1S/C28H20Cl5F2N3O4/c29-16-4-2-14(36-27(41)22-21(28(22,32)33)12-1-3-17(30)18(31)9-12)10-15(16)26(40)37-20-6-5-19(34)24(23(20)35)38-25(39)13-7-8-42-11-13/h1-6,9-10,13,21-22H,7-8,11H2,(H,36,41)(H,37,40)(H,38,39)/t13?,21-,22+/m0/s1. The lowest BCUT2D eigenvalue weighted by Crippen LogP contribution is -2.24. The molecule has 3 aromatic rings. The SMILES string of the molecule is O=C(Nc1ccc(F)c(NC(=O)C2CCOC2)c1F)c1cc(NC(=O)[C@H]2[C@H](c3ccc(Cl)c(Cl)c3)C2(Cl)Cl)ccc1Cl. The molecule has 3 amide bonds. The predicted octanol–water partition coefficient (Wildman–Crippen LogP) is 7.68. The molecular weight excluding hydrogens is 658 g/mol. The van der Waals surface area contributed by atoms with E-state index in [2.05, 4.69) is 16.0 Å². The molecule has 42 heavy (non-hydrogen) atoms. The van der Waals surface area contributed by atoms with E-state index in [0.717, 1.165) is 12.1 Å². The molecule has 0 bridgehead atoms. The van der Waals surface area contributed by atoms with Gasteiger partial charge in [-0.2, -0.15) is 0 Å². The zero-order valence-corrected chi connectivity index (χ0v) is 25.0. The zero-order chi connectivity index (χ0) is 30.3. The molecule has 5 rings (SSSR count). The van der Waals surface area contributed by atoms with Crippen molar-refractivity contribution in [1.29, 1.82) is 0 Å². The number of rotatable bonds is 7. The van der Waals surface area contributed by atoms with Crippen LogP contribution in [0, 0.1) is 23.5 Å². The second kappa shape index (κ2) is 12.1. The summed E-state index contributed by atoms with van der Waals surface area (Å²) in [5, 5.41) is 7.83. The predicted molar refractivity (Wildman–Crippen MR) is 159 cm³/mol. The molecule has 3 N–H and O–H groups in total. The molecule has 2 aliphatic rings. The van der Waals surface area contributed by atoms with Crippen LogP contribution in [0.3, 0.4) is 0 Å². The van der Waals surface area contributed by atoms with Gasteiger partial charge in [0, 0.05) is 18.2 Å². The van der Waals surface area contributed by atoms with Crippen molar-refractivity contribution >= 4 is 92.8 Å². The maximum Gasteiger partial charge on any atom is 0.257 e. The molecule has 1 saturated carbocycles. The van der Waals surface area contributed by atoms with Crippen LogP contribution < -0.4 is 16.0 Å². The van der Waals surface area contributed by atoms with Crippen LogP contribution in [0.15, 0.2) is 48.5 Å². The van der Waals surface area contributed by atoms with Crippen LogP contribution in [0.25, 0.3) is 0 Å². The summed E-state index contributed by atoms with van der Waals surface area (Å²) < 4.78 is 33.3. The number of ether oxygens (including phenoxy) is 1. The Kier molecular flexibility index (Phi) is 8.90. The molecule has 3 aromatic carbocycles. The number of hydrogen-bond donors (Lipinski definition) is 3. The van der Waals surface area contributed by atoms with Gasteiger partial charge in [-0.05, 0) is 54.4 Å². The molecule has 1 saturated heterocycles. The largest absolute Gasteiger partial charge is 0.381 e. The summed E-state index contributed by atoms with van der Waals surface area (Å²) in [4.78, 5) is 38.5. The first-order valence-corrected chi connectivity index (χ1v) is 14.4. The number of hydrogen-bond acceptors (Lipinski definition) is 4. The minimum atomic E-state index is -1.41. The van der Waals surface area contributed by atoms with Crippen LogP contribution in [0.1, 0.15) is 28.3 Å². The quantitative estimate of drug-likeness (QED) is 0.224. The van der Waals surface area contributed by atoms with Crippen LogP contribution in [0.2, 0.25) is 15.1 Å². The number of alkyl halides is 2. The highest BCUT2D eigenvalue weighted by Crippen LogP contribution is 2.65. The zero-order valence-electron chi connectivity index (χ0n) is 21.3. The topological polar surface area (TPSA) is 96.5 Å². The summed E-state index contributed by atoms with van der Waals surface area (Å²) >= 11 is 31.1. The highest BCUT2D eigenvalue weighted by Gasteiger charge is 2.67. The first kappa shape index (κ1) is 30.8. The summed E-state index contributed by atoms with van der Waals surface area (Å²) in [5.41, 5.74) is -0.416. The Morgan fingerprint density at radius 3 is 2.29 bits per heavy atom. The highest BCUT2D eigenvalue weighted by atomic mass is 35.5. The molecule has 220 valence electrons. The van der Waals surface area contributed by atoms with Gasteiger partial charge < -0.3 is 20.7 Å². The first-order valence-electron chi connectivity index (χ1n) is 12.5. The van der Waals surface area contributed by atoms with Gasteiger partial charge >= 0.3 is 0 Å². The third kappa shape index (κ3) is 6.18. The van der Waals surface area contributed by atoms with Crippen molar-refractivity contribution < 1.29 is 27.9 Å². The maximum absolute atomic E-state index is 15.2. The molecule has 2 fully saturated rings. The van der Waals surface area contributed by atoms with Gasteiger partial charge in [-0.15, -0.1) is 23.2 Å². The fourth-order valence-corrected chi connectivity index (χ4v) is 6.03. The molecule has 7 nitrogen and oxygen atoms in total. The minimum absolute atomic E-state index is 0.00748. The number of benzene rings is 3. The summed E-state index contributed by atoms with van der Waals surface area (Å²) in [6.45, 7) is 0.515. The molecule has 1 aliphatic carbocycles. The second-order valence-electron chi connectivity index (χ2n) is 9.78. The molecule has 1 aliphatic heterocycles.